The van der Waals surface area contributed by atoms with Gasteiger partial charge in [0.2, 0.25) is 0 Å². The second-order valence-corrected chi connectivity index (χ2v) is 9.25. The van der Waals surface area contributed by atoms with Crippen LogP contribution in [0.3, 0.4) is 0 Å². The van der Waals surface area contributed by atoms with Gasteiger partial charge in [-0.1, -0.05) is 95.2 Å². The second kappa shape index (κ2) is 11.1. The summed E-state index contributed by atoms with van der Waals surface area (Å²) in [6.07, 6.45) is 6.14. The molecule has 0 aromatic heterocycles. The number of benzene rings is 2. The average Bonchev–Trinajstić information content (AvgIpc) is 2.76. The molecule has 0 radical (unpaired) electrons. The van der Waals surface area contributed by atoms with Crippen LogP contribution in [-0.2, 0) is 6.42 Å². The summed E-state index contributed by atoms with van der Waals surface area (Å²) in [5.74, 6) is 2.21. The summed E-state index contributed by atoms with van der Waals surface area (Å²) in [4.78, 5) is 0. The Bertz CT molecular complexity index is 792. The van der Waals surface area contributed by atoms with Gasteiger partial charge < -0.3 is 4.74 Å². The Kier molecular flexibility index (Phi) is 8.45. The number of ether oxygens (including phenoxy) is 1. The molecule has 1 atom stereocenters. The number of aryl methyl sites for hydroxylation is 1. The smallest absolute Gasteiger partial charge is 0.406 e. The number of rotatable bonds is 9. The van der Waals surface area contributed by atoms with E-state index in [1.54, 1.807) is 12.1 Å². The Labute approximate surface area is 185 Å². The summed E-state index contributed by atoms with van der Waals surface area (Å²) in [5, 5.41) is 0. The maximum Gasteiger partial charge on any atom is 0.573 e. The van der Waals surface area contributed by atoms with Crippen molar-refractivity contribution in [2.45, 2.75) is 78.0 Å². The first-order valence-electron chi connectivity index (χ1n) is 11.8. The van der Waals surface area contributed by atoms with Gasteiger partial charge in [0.1, 0.15) is 5.75 Å². The van der Waals surface area contributed by atoms with E-state index >= 15 is 0 Å². The largest absolute Gasteiger partial charge is 0.573 e. The molecule has 1 nitrogen and oxygen atoms in total. The number of alkyl halides is 3. The molecule has 2 aromatic rings. The highest BCUT2D eigenvalue weighted by Gasteiger charge is 2.31. The van der Waals surface area contributed by atoms with E-state index in [1.165, 1.54) is 51.0 Å². The van der Waals surface area contributed by atoms with E-state index in [1.807, 2.05) is 30.3 Å². The summed E-state index contributed by atoms with van der Waals surface area (Å²) in [7, 11) is 0. The molecule has 0 N–H and O–H groups in total. The molecule has 0 saturated heterocycles. The van der Waals surface area contributed by atoms with Crippen LogP contribution in [0.1, 0.15) is 70.8 Å². The third kappa shape index (κ3) is 7.59. The minimum atomic E-state index is -4.67. The van der Waals surface area contributed by atoms with Gasteiger partial charge >= 0.3 is 6.36 Å². The van der Waals surface area contributed by atoms with Crippen LogP contribution in [0.5, 0.6) is 5.75 Å². The Morgan fingerprint density at radius 2 is 1.58 bits per heavy atom. The van der Waals surface area contributed by atoms with Crippen LogP contribution in [0.4, 0.5) is 13.2 Å². The molecule has 1 aliphatic carbocycles. The van der Waals surface area contributed by atoms with Gasteiger partial charge in [0.05, 0.1) is 0 Å². The normalized spacial score (nSPS) is 20.4. The van der Waals surface area contributed by atoms with Crippen LogP contribution in [-0.4, -0.2) is 6.36 Å². The molecule has 0 aliphatic heterocycles. The first kappa shape index (κ1) is 23.7. The van der Waals surface area contributed by atoms with Gasteiger partial charge in [-0.25, -0.2) is 0 Å². The SMILES string of the molecule is CCC(C)CCC1CCC(CCc2cc(OC(F)(F)F)ccc2-c2ccccc2)CC1. The average molecular weight is 433 g/mol. The Morgan fingerprint density at radius 1 is 0.935 bits per heavy atom. The molecule has 3 rings (SSSR count). The minimum Gasteiger partial charge on any atom is -0.406 e. The lowest BCUT2D eigenvalue weighted by Crippen LogP contribution is -2.17. The topological polar surface area (TPSA) is 9.23 Å². The van der Waals surface area contributed by atoms with Crippen molar-refractivity contribution in [2.24, 2.45) is 17.8 Å². The zero-order valence-electron chi connectivity index (χ0n) is 18.8. The number of halogens is 3. The molecule has 2 aromatic carbocycles. The van der Waals surface area contributed by atoms with Crippen molar-refractivity contribution in [3.05, 3.63) is 54.1 Å². The molecule has 0 amide bonds. The maximum atomic E-state index is 12.7. The van der Waals surface area contributed by atoms with Crippen LogP contribution < -0.4 is 4.74 Å². The Hall–Kier alpha value is -1.97. The summed E-state index contributed by atoms with van der Waals surface area (Å²) in [5.41, 5.74) is 2.97. The minimum absolute atomic E-state index is 0.129. The molecule has 1 unspecified atom stereocenters. The van der Waals surface area contributed by atoms with Crippen LogP contribution >= 0.6 is 0 Å². The zero-order valence-corrected chi connectivity index (χ0v) is 18.8. The first-order valence-corrected chi connectivity index (χ1v) is 11.8. The van der Waals surface area contributed by atoms with Crippen LogP contribution in [0, 0.1) is 17.8 Å². The lowest BCUT2D eigenvalue weighted by atomic mass is 9.77. The van der Waals surface area contributed by atoms with Gasteiger partial charge in [-0.2, -0.15) is 0 Å². The molecular formula is C27H35F3O. The Morgan fingerprint density at radius 3 is 2.19 bits per heavy atom. The van der Waals surface area contributed by atoms with Gasteiger partial charge in [-0.05, 0) is 59.4 Å². The lowest BCUT2D eigenvalue weighted by molar-refractivity contribution is -0.274. The molecule has 1 saturated carbocycles. The second-order valence-electron chi connectivity index (χ2n) is 9.25. The van der Waals surface area contributed by atoms with E-state index in [2.05, 4.69) is 18.6 Å². The van der Waals surface area contributed by atoms with Gasteiger partial charge in [0.15, 0.2) is 0 Å². The number of hydrogen-bond acceptors (Lipinski definition) is 1. The van der Waals surface area contributed by atoms with Crippen molar-refractivity contribution in [1.29, 1.82) is 0 Å². The molecule has 4 heteroatoms. The predicted molar refractivity (Wildman–Crippen MR) is 121 cm³/mol. The standard InChI is InChI=1S/C27H35F3O/c1-3-20(2)9-10-21-11-13-22(14-12-21)15-16-24-19-25(31-27(28,29)30)17-18-26(24)23-7-5-4-6-8-23/h4-8,17-22H,3,9-16H2,1-2H3. The molecule has 1 fully saturated rings. The molecule has 0 spiro atoms. The fourth-order valence-corrected chi connectivity index (χ4v) is 4.77. The van der Waals surface area contributed by atoms with Crippen molar-refractivity contribution >= 4 is 0 Å². The predicted octanol–water partition coefficient (Wildman–Crippen LogP) is 8.82. The first-order chi connectivity index (χ1) is 14.8. The molecule has 0 bridgehead atoms. The fraction of sp³-hybridized carbons (Fsp3) is 0.556. The highest BCUT2D eigenvalue weighted by atomic mass is 19.4. The van der Waals surface area contributed by atoms with E-state index in [0.717, 1.165) is 41.4 Å². The third-order valence-electron chi connectivity index (χ3n) is 6.95. The van der Waals surface area contributed by atoms with E-state index in [0.29, 0.717) is 5.92 Å². The molecule has 170 valence electrons. The molecule has 1 aliphatic rings. The quantitative estimate of drug-likeness (QED) is 0.384. The molecule has 0 heterocycles. The highest BCUT2D eigenvalue weighted by Crippen LogP contribution is 2.37. The van der Waals surface area contributed by atoms with Crippen LogP contribution in [0.2, 0.25) is 0 Å². The molecular weight excluding hydrogens is 397 g/mol. The zero-order chi connectivity index (χ0) is 22.3. The van der Waals surface area contributed by atoms with Gasteiger partial charge in [0.25, 0.3) is 0 Å². The number of hydrogen-bond donors (Lipinski definition) is 0. The van der Waals surface area contributed by atoms with E-state index in [-0.39, 0.29) is 5.75 Å². The maximum absolute atomic E-state index is 12.7. The third-order valence-corrected chi connectivity index (χ3v) is 6.95. The van der Waals surface area contributed by atoms with Crippen molar-refractivity contribution < 1.29 is 17.9 Å². The van der Waals surface area contributed by atoms with Crippen LogP contribution in [0.25, 0.3) is 11.1 Å². The van der Waals surface area contributed by atoms with E-state index < -0.39 is 6.36 Å². The summed E-state index contributed by atoms with van der Waals surface area (Å²) < 4.78 is 42.4. The van der Waals surface area contributed by atoms with Crippen molar-refractivity contribution in [3.8, 4) is 16.9 Å². The van der Waals surface area contributed by atoms with E-state index in [4.69, 9.17) is 0 Å². The lowest BCUT2D eigenvalue weighted by Gasteiger charge is -2.29. The summed E-state index contributed by atoms with van der Waals surface area (Å²) >= 11 is 0. The van der Waals surface area contributed by atoms with Crippen molar-refractivity contribution in [2.75, 3.05) is 0 Å². The Balaban J connectivity index is 1.62. The van der Waals surface area contributed by atoms with Gasteiger partial charge in [-0.3, -0.25) is 0 Å². The van der Waals surface area contributed by atoms with Gasteiger partial charge in [0, 0.05) is 0 Å². The summed E-state index contributed by atoms with van der Waals surface area (Å²) in [6, 6.07) is 14.6. The van der Waals surface area contributed by atoms with Gasteiger partial charge in [-0.15, -0.1) is 13.2 Å². The fourth-order valence-electron chi connectivity index (χ4n) is 4.77. The van der Waals surface area contributed by atoms with E-state index in [9.17, 15) is 13.2 Å². The van der Waals surface area contributed by atoms with Crippen molar-refractivity contribution in [3.63, 3.8) is 0 Å². The summed E-state index contributed by atoms with van der Waals surface area (Å²) in [6.45, 7) is 4.60. The monoisotopic (exact) mass is 432 g/mol. The van der Waals surface area contributed by atoms with Crippen LogP contribution in [0.15, 0.2) is 48.5 Å². The van der Waals surface area contributed by atoms with Crippen molar-refractivity contribution in [1.82, 2.24) is 0 Å². The molecule has 31 heavy (non-hydrogen) atoms. The highest BCUT2D eigenvalue weighted by molar-refractivity contribution is 5.68.